The number of halogens is 3. The van der Waals surface area contributed by atoms with Gasteiger partial charge in [-0.1, -0.05) is 26.8 Å². The zero-order chi connectivity index (χ0) is 14.6. The molecule has 4 heteroatoms. The first kappa shape index (κ1) is 16.0. The maximum absolute atomic E-state index is 12.6. The van der Waals surface area contributed by atoms with Crippen molar-refractivity contribution in [3.63, 3.8) is 0 Å². The van der Waals surface area contributed by atoms with E-state index in [4.69, 9.17) is 0 Å². The van der Waals surface area contributed by atoms with Crippen molar-refractivity contribution in [2.45, 2.75) is 46.3 Å². The van der Waals surface area contributed by atoms with Crippen molar-refractivity contribution in [2.75, 3.05) is 6.54 Å². The van der Waals surface area contributed by atoms with Crippen molar-refractivity contribution in [2.24, 2.45) is 5.92 Å². The summed E-state index contributed by atoms with van der Waals surface area (Å²) in [6, 6.07) is 4.43. The summed E-state index contributed by atoms with van der Waals surface area (Å²) >= 11 is 0. The lowest BCUT2D eigenvalue weighted by Crippen LogP contribution is -2.28. The van der Waals surface area contributed by atoms with Crippen LogP contribution in [0, 0.1) is 12.8 Å². The highest BCUT2D eigenvalue weighted by atomic mass is 19.4. The first-order valence-electron chi connectivity index (χ1n) is 6.60. The molecule has 1 N–H and O–H groups in total. The van der Waals surface area contributed by atoms with Gasteiger partial charge in [-0.3, -0.25) is 0 Å². The minimum absolute atomic E-state index is 0.401. The number of nitrogens with one attached hydrogen (secondary N) is 1. The Kier molecular flexibility index (Phi) is 5.41. The van der Waals surface area contributed by atoms with Crippen molar-refractivity contribution in [3.05, 3.63) is 34.9 Å². The van der Waals surface area contributed by atoms with Crippen molar-refractivity contribution in [1.29, 1.82) is 0 Å². The Morgan fingerprint density at radius 3 is 2.26 bits per heavy atom. The lowest BCUT2D eigenvalue weighted by molar-refractivity contribution is -0.137. The number of hydrogen-bond acceptors (Lipinski definition) is 1. The van der Waals surface area contributed by atoms with Crippen LogP contribution in [-0.2, 0) is 12.6 Å². The third kappa shape index (κ3) is 5.23. The highest BCUT2D eigenvalue weighted by molar-refractivity contribution is 5.32. The maximum Gasteiger partial charge on any atom is 0.416 e. The number of hydrogen-bond donors (Lipinski definition) is 1. The summed E-state index contributed by atoms with van der Waals surface area (Å²) < 4.78 is 37.7. The number of rotatable bonds is 5. The molecular formula is C15H22F3N. The van der Waals surface area contributed by atoms with E-state index in [1.165, 1.54) is 12.1 Å². The van der Waals surface area contributed by atoms with Gasteiger partial charge in [-0.25, -0.2) is 0 Å². The topological polar surface area (TPSA) is 12.0 Å². The van der Waals surface area contributed by atoms with Gasteiger partial charge in [-0.15, -0.1) is 0 Å². The minimum Gasteiger partial charge on any atom is -0.314 e. The maximum atomic E-state index is 12.6. The summed E-state index contributed by atoms with van der Waals surface area (Å²) in [5.41, 5.74) is 1.14. The van der Waals surface area contributed by atoms with Crippen LogP contribution < -0.4 is 5.32 Å². The monoisotopic (exact) mass is 273 g/mol. The van der Waals surface area contributed by atoms with Gasteiger partial charge in [-0.2, -0.15) is 13.2 Å². The second kappa shape index (κ2) is 6.42. The van der Waals surface area contributed by atoms with Crippen molar-refractivity contribution >= 4 is 0 Å². The van der Waals surface area contributed by atoms with Crippen LogP contribution in [0.4, 0.5) is 13.2 Å². The van der Waals surface area contributed by atoms with Crippen LogP contribution in [-0.4, -0.2) is 12.6 Å². The van der Waals surface area contributed by atoms with Gasteiger partial charge in [0.05, 0.1) is 5.56 Å². The lowest BCUT2D eigenvalue weighted by atomic mass is 9.95. The van der Waals surface area contributed by atoms with Gasteiger partial charge < -0.3 is 5.32 Å². The van der Waals surface area contributed by atoms with Crippen LogP contribution in [0.5, 0.6) is 0 Å². The van der Waals surface area contributed by atoms with E-state index in [2.05, 4.69) is 26.1 Å². The van der Waals surface area contributed by atoms with E-state index in [9.17, 15) is 13.2 Å². The fraction of sp³-hybridized carbons (Fsp3) is 0.600. The van der Waals surface area contributed by atoms with Crippen molar-refractivity contribution in [3.8, 4) is 0 Å². The number of alkyl halides is 3. The number of aryl methyl sites for hydroxylation is 1. The molecule has 19 heavy (non-hydrogen) atoms. The Balaban J connectivity index is 2.70. The molecule has 0 aliphatic heterocycles. The van der Waals surface area contributed by atoms with Crippen LogP contribution in [0.25, 0.3) is 0 Å². The van der Waals surface area contributed by atoms with Gasteiger partial charge in [0.2, 0.25) is 0 Å². The van der Waals surface area contributed by atoms with E-state index in [1.807, 2.05) is 0 Å². The van der Waals surface area contributed by atoms with Crippen LogP contribution in [0.1, 0.15) is 37.5 Å². The molecular weight excluding hydrogens is 251 g/mol. The molecule has 0 amide bonds. The van der Waals surface area contributed by atoms with Gasteiger partial charge in [0.1, 0.15) is 0 Å². The molecule has 0 saturated carbocycles. The molecule has 0 spiro atoms. The summed E-state index contributed by atoms with van der Waals surface area (Å²) in [5.74, 6) is 0.401. The predicted molar refractivity (Wildman–Crippen MR) is 72.2 cm³/mol. The predicted octanol–water partition coefficient (Wildman–Crippen LogP) is 4.19. The smallest absolute Gasteiger partial charge is 0.314 e. The zero-order valence-corrected chi connectivity index (χ0v) is 11.9. The Labute approximate surface area is 113 Å². The first-order valence-corrected chi connectivity index (χ1v) is 6.60. The van der Waals surface area contributed by atoms with E-state index in [0.717, 1.165) is 18.5 Å². The first-order chi connectivity index (χ1) is 8.70. The van der Waals surface area contributed by atoms with Crippen LogP contribution in [0.3, 0.4) is 0 Å². The van der Waals surface area contributed by atoms with Crippen LogP contribution >= 0.6 is 0 Å². The van der Waals surface area contributed by atoms with Gasteiger partial charge in [0.25, 0.3) is 0 Å². The fourth-order valence-corrected chi connectivity index (χ4v) is 1.99. The normalized spacial score (nSPS) is 13.9. The largest absolute Gasteiger partial charge is 0.416 e. The Morgan fingerprint density at radius 2 is 1.79 bits per heavy atom. The zero-order valence-electron chi connectivity index (χ0n) is 11.9. The second-order valence-corrected chi connectivity index (χ2v) is 5.51. The Bertz CT molecular complexity index is 410. The molecule has 0 saturated heterocycles. The molecule has 1 aromatic carbocycles. The van der Waals surface area contributed by atoms with E-state index in [1.54, 1.807) is 13.0 Å². The molecule has 1 nitrogen and oxygen atoms in total. The summed E-state index contributed by atoms with van der Waals surface area (Å²) in [7, 11) is 0. The fourth-order valence-electron chi connectivity index (χ4n) is 1.99. The van der Waals surface area contributed by atoms with Gasteiger partial charge in [-0.05, 0) is 49.1 Å². The summed E-state index contributed by atoms with van der Waals surface area (Å²) in [6.45, 7) is 8.88. The molecule has 0 aromatic heterocycles. The highest BCUT2D eigenvalue weighted by Gasteiger charge is 2.30. The van der Waals surface area contributed by atoms with E-state index >= 15 is 0 Å². The molecule has 0 heterocycles. The average Bonchev–Trinajstić information content (AvgIpc) is 2.27. The molecule has 1 atom stereocenters. The molecule has 0 fully saturated rings. The average molecular weight is 273 g/mol. The lowest BCUT2D eigenvalue weighted by Gasteiger charge is -2.17. The SMILES string of the molecule is Cc1cc(C(F)(F)F)ccc1CC(C)CNC(C)C. The van der Waals surface area contributed by atoms with Gasteiger partial charge in [0, 0.05) is 6.04 Å². The summed E-state index contributed by atoms with van der Waals surface area (Å²) in [4.78, 5) is 0. The van der Waals surface area contributed by atoms with Crippen molar-refractivity contribution in [1.82, 2.24) is 5.32 Å². The second-order valence-electron chi connectivity index (χ2n) is 5.51. The van der Waals surface area contributed by atoms with E-state index in [0.29, 0.717) is 17.5 Å². The molecule has 108 valence electrons. The van der Waals surface area contributed by atoms with Crippen molar-refractivity contribution < 1.29 is 13.2 Å². The van der Waals surface area contributed by atoms with E-state index in [-0.39, 0.29) is 0 Å². The van der Waals surface area contributed by atoms with E-state index < -0.39 is 11.7 Å². The van der Waals surface area contributed by atoms with Crippen LogP contribution in [0.2, 0.25) is 0 Å². The molecule has 1 unspecified atom stereocenters. The summed E-state index contributed by atoms with van der Waals surface area (Å²) in [5, 5.41) is 3.34. The number of benzene rings is 1. The molecule has 0 aliphatic carbocycles. The molecule has 0 aliphatic rings. The van der Waals surface area contributed by atoms with Gasteiger partial charge >= 0.3 is 6.18 Å². The highest BCUT2D eigenvalue weighted by Crippen LogP contribution is 2.30. The minimum atomic E-state index is -4.26. The quantitative estimate of drug-likeness (QED) is 0.848. The summed E-state index contributed by atoms with van der Waals surface area (Å²) in [6.07, 6.45) is -3.46. The molecule has 1 aromatic rings. The molecule has 0 radical (unpaired) electrons. The standard InChI is InChI=1S/C15H22F3N/c1-10(2)19-9-11(3)7-13-5-6-14(8-12(13)4)15(16,17)18/h5-6,8,10-11,19H,7,9H2,1-4H3. The third-order valence-electron chi connectivity index (χ3n) is 3.11. The molecule has 0 bridgehead atoms. The van der Waals surface area contributed by atoms with Crippen LogP contribution in [0.15, 0.2) is 18.2 Å². The van der Waals surface area contributed by atoms with Gasteiger partial charge in [0.15, 0.2) is 0 Å². The molecule has 1 rings (SSSR count). The third-order valence-corrected chi connectivity index (χ3v) is 3.11. The Morgan fingerprint density at radius 1 is 1.16 bits per heavy atom. The Hall–Kier alpha value is -1.03.